The molecule has 1 saturated heterocycles. The molecule has 0 aromatic heterocycles. The fourth-order valence-corrected chi connectivity index (χ4v) is 7.57. The molecule has 2 aromatic carbocycles. The third kappa shape index (κ3) is 11.4. The first-order chi connectivity index (χ1) is 23.1. The Hall–Kier alpha value is -4.86. The number of nitrogens with one attached hydrogen (secondary N) is 1. The van der Waals surface area contributed by atoms with Gasteiger partial charge in [-0.25, -0.2) is 0 Å². The van der Waals surface area contributed by atoms with Crippen molar-refractivity contribution in [3.63, 3.8) is 0 Å². The number of hydrogen-bond acceptors (Lipinski definition) is 14. The quantitative estimate of drug-likeness (QED) is 0.0939. The molecule has 1 amide bonds. The molecule has 0 aliphatic carbocycles. The number of ether oxygens (including phenoxy) is 6. The van der Waals surface area contributed by atoms with E-state index in [1.165, 1.54) is 31.2 Å². The third-order valence-corrected chi connectivity index (χ3v) is 9.51. The Bertz CT molecular complexity index is 1540. The van der Waals surface area contributed by atoms with Gasteiger partial charge in [-0.1, -0.05) is 0 Å². The number of non-ortho nitro benzene ring substituents is 1. The van der Waals surface area contributed by atoms with Crippen LogP contribution in [0.3, 0.4) is 0 Å². The van der Waals surface area contributed by atoms with Crippen LogP contribution in [-0.2, 0) is 63.8 Å². The van der Waals surface area contributed by atoms with Crippen LogP contribution < -0.4 is 9.78 Å². The van der Waals surface area contributed by atoms with Crippen LogP contribution in [0.4, 0.5) is 5.69 Å². The van der Waals surface area contributed by atoms with E-state index >= 15 is 0 Å². The Kier molecular flexibility index (Phi) is 13.8. The Balaban J connectivity index is 2.19. The summed E-state index contributed by atoms with van der Waals surface area (Å²) in [6.45, 7) is 4.59. The van der Waals surface area contributed by atoms with E-state index in [0.717, 1.165) is 27.7 Å². The van der Waals surface area contributed by atoms with Crippen molar-refractivity contribution >= 4 is 60.9 Å². The SMILES string of the molecule is CC(=O)N[C@H]1[C@H]([C@H](OC(C)=O)[C@@H](COC(C)=O)OC(C)=O)O[C@@]([Se]c2ccccc2)(C(=O)OCc2ccc([N+](=O)[O-])cc2)C[C@@H]1OC(C)=O. The van der Waals surface area contributed by atoms with Gasteiger partial charge in [-0.2, -0.15) is 0 Å². The van der Waals surface area contributed by atoms with Crippen LogP contribution in [0.2, 0.25) is 0 Å². The standard InChI is InChI=1S/C32H36N2O14Se/c1-18(35)33-28-26(45-20(3)37)15-32(49-25-9-7-6-8-10-25,31(40)44-16-23-11-13-24(14-12-23)34(41)42)48-30(28)29(47-22(5)39)27(46-21(4)38)17-43-19(2)36/h6-14,26-30H,15-17H2,1-5H3,(H,33,35)/t26-,27+,28+,29+,30+,32-/m0/s1. The van der Waals surface area contributed by atoms with Gasteiger partial charge in [0.2, 0.25) is 0 Å². The van der Waals surface area contributed by atoms with Crippen LogP contribution in [0.15, 0.2) is 54.6 Å². The zero-order valence-electron chi connectivity index (χ0n) is 27.3. The van der Waals surface area contributed by atoms with Crippen molar-refractivity contribution in [2.45, 2.75) is 82.6 Å². The van der Waals surface area contributed by atoms with Crippen molar-refractivity contribution < 1.29 is 62.1 Å². The van der Waals surface area contributed by atoms with Crippen molar-refractivity contribution in [3.8, 4) is 0 Å². The van der Waals surface area contributed by atoms with Gasteiger partial charge in [-0.15, -0.1) is 0 Å². The van der Waals surface area contributed by atoms with Gasteiger partial charge >= 0.3 is 288 Å². The van der Waals surface area contributed by atoms with Crippen LogP contribution >= 0.6 is 0 Å². The maximum atomic E-state index is 14.3. The fraction of sp³-hybridized carbons (Fsp3) is 0.438. The number of amides is 1. The molecule has 3 rings (SSSR count). The van der Waals surface area contributed by atoms with E-state index in [2.05, 4.69) is 5.32 Å². The van der Waals surface area contributed by atoms with Gasteiger partial charge in [0.1, 0.15) is 0 Å². The molecule has 17 heteroatoms. The molecule has 0 unspecified atom stereocenters. The molecule has 1 heterocycles. The summed E-state index contributed by atoms with van der Waals surface area (Å²) < 4.78 is 32.8. The molecule has 1 aliphatic heterocycles. The summed E-state index contributed by atoms with van der Waals surface area (Å²) in [4.78, 5) is 86.2. The first-order valence-corrected chi connectivity index (χ1v) is 16.6. The Morgan fingerprint density at radius 1 is 0.898 bits per heavy atom. The summed E-state index contributed by atoms with van der Waals surface area (Å²) in [5, 5.41) is 13.7. The van der Waals surface area contributed by atoms with E-state index in [1.54, 1.807) is 30.3 Å². The van der Waals surface area contributed by atoms with Gasteiger partial charge in [-0.05, 0) is 0 Å². The minimum absolute atomic E-state index is 0.168. The van der Waals surface area contributed by atoms with Crippen LogP contribution in [0.5, 0.6) is 0 Å². The number of rotatable bonds is 14. The molecule has 6 atom stereocenters. The van der Waals surface area contributed by atoms with E-state index in [1.807, 2.05) is 0 Å². The molecule has 49 heavy (non-hydrogen) atoms. The topological polar surface area (TPSA) is 213 Å². The number of nitro benzene ring substituents is 1. The van der Waals surface area contributed by atoms with Gasteiger partial charge in [0.05, 0.1) is 0 Å². The molecule has 16 nitrogen and oxygen atoms in total. The van der Waals surface area contributed by atoms with E-state index in [-0.39, 0.29) is 18.7 Å². The molecule has 2 aromatic rings. The second kappa shape index (κ2) is 17.5. The van der Waals surface area contributed by atoms with Gasteiger partial charge in [0.15, 0.2) is 0 Å². The monoisotopic (exact) mass is 752 g/mol. The normalized spacial score (nSPS) is 21.2. The number of esters is 5. The Morgan fingerprint density at radius 3 is 2.06 bits per heavy atom. The van der Waals surface area contributed by atoms with Crippen molar-refractivity contribution in [1.82, 2.24) is 5.32 Å². The first kappa shape index (κ1) is 38.6. The zero-order valence-corrected chi connectivity index (χ0v) is 29.0. The van der Waals surface area contributed by atoms with Crippen molar-refractivity contribution in [1.29, 1.82) is 0 Å². The van der Waals surface area contributed by atoms with Crippen molar-refractivity contribution in [2.24, 2.45) is 0 Å². The summed E-state index contributed by atoms with van der Waals surface area (Å²) in [5.74, 6) is -4.80. The van der Waals surface area contributed by atoms with E-state index < -0.39 is 97.2 Å². The number of carbonyl (C=O) groups excluding carboxylic acids is 6. The molecular weight excluding hydrogens is 715 g/mol. The fourth-order valence-electron chi connectivity index (χ4n) is 5.00. The molecule has 1 fully saturated rings. The van der Waals surface area contributed by atoms with Gasteiger partial charge in [0.25, 0.3) is 0 Å². The molecule has 1 aliphatic rings. The maximum absolute atomic E-state index is 14.3. The van der Waals surface area contributed by atoms with Crippen molar-refractivity contribution in [3.05, 3.63) is 70.3 Å². The average Bonchev–Trinajstić information content (AvgIpc) is 3.02. The van der Waals surface area contributed by atoms with Gasteiger partial charge < -0.3 is 0 Å². The van der Waals surface area contributed by atoms with E-state index in [0.29, 0.717) is 10.0 Å². The number of benzene rings is 2. The molecule has 0 bridgehead atoms. The predicted octanol–water partition coefficient (Wildman–Crippen LogP) is 1.02. The molecule has 0 saturated carbocycles. The predicted molar refractivity (Wildman–Crippen MR) is 168 cm³/mol. The van der Waals surface area contributed by atoms with Crippen LogP contribution in [0.1, 0.15) is 46.6 Å². The number of nitrogens with zero attached hydrogens (tertiary/aromatic N) is 1. The minimum atomic E-state index is -1.94. The summed E-state index contributed by atoms with van der Waals surface area (Å²) in [7, 11) is 0. The summed E-state index contributed by atoms with van der Waals surface area (Å²) in [6, 6.07) is 12.7. The van der Waals surface area contributed by atoms with Crippen molar-refractivity contribution in [2.75, 3.05) is 6.61 Å². The second-order valence-electron chi connectivity index (χ2n) is 10.9. The van der Waals surface area contributed by atoms with E-state index in [4.69, 9.17) is 28.4 Å². The van der Waals surface area contributed by atoms with E-state index in [9.17, 15) is 38.9 Å². The summed E-state index contributed by atoms with van der Waals surface area (Å²) >= 11 is -0.966. The number of nitro groups is 1. The van der Waals surface area contributed by atoms with Crippen LogP contribution in [0.25, 0.3) is 0 Å². The molecule has 0 radical (unpaired) electrons. The third-order valence-electron chi connectivity index (χ3n) is 6.85. The second-order valence-corrected chi connectivity index (χ2v) is 13.7. The van der Waals surface area contributed by atoms with Gasteiger partial charge in [-0.3, -0.25) is 0 Å². The number of hydrogen-bond donors (Lipinski definition) is 1. The van der Waals surface area contributed by atoms with Crippen LogP contribution in [0, 0.1) is 10.1 Å². The average molecular weight is 752 g/mol. The Labute approximate surface area is 287 Å². The molecular formula is C32H36N2O14Se. The zero-order chi connectivity index (χ0) is 36.3. The first-order valence-electron chi connectivity index (χ1n) is 14.8. The molecule has 264 valence electrons. The number of carbonyl (C=O) groups is 6. The Morgan fingerprint density at radius 2 is 1.53 bits per heavy atom. The molecule has 0 spiro atoms. The molecule has 1 N–H and O–H groups in total. The summed E-state index contributed by atoms with van der Waals surface area (Å²) in [6.07, 6.45) is -6.34. The van der Waals surface area contributed by atoms with Crippen LogP contribution in [-0.4, -0.2) is 97.2 Å². The van der Waals surface area contributed by atoms with Gasteiger partial charge in [0, 0.05) is 0 Å². The summed E-state index contributed by atoms with van der Waals surface area (Å²) in [5.41, 5.74) is 0.244.